The Kier molecular flexibility index (Phi) is 5.08. The van der Waals surface area contributed by atoms with E-state index in [0.29, 0.717) is 29.6 Å². The van der Waals surface area contributed by atoms with Gasteiger partial charge in [-0.25, -0.2) is 0 Å². The average Bonchev–Trinajstić information content (AvgIpc) is 3.08. The molecule has 1 aliphatic carbocycles. The highest BCUT2D eigenvalue weighted by atomic mass is 16.2. The van der Waals surface area contributed by atoms with E-state index in [2.05, 4.69) is 49.9 Å². The van der Waals surface area contributed by atoms with E-state index in [1.807, 2.05) is 0 Å². The Morgan fingerprint density at radius 1 is 1.09 bits per heavy atom. The smallest absolute Gasteiger partial charge is 0.225 e. The normalized spacial score (nSPS) is 26.0. The Labute approximate surface area is 141 Å². The van der Waals surface area contributed by atoms with E-state index in [0.717, 1.165) is 25.9 Å². The zero-order valence-electron chi connectivity index (χ0n) is 14.9. The number of likely N-dealkylation sites (tertiary alicyclic amines) is 1. The van der Waals surface area contributed by atoms with Crippen molar-refractivity contribution in [2.45, 2.75) is 64.7 Å². The topological polar surface area (TPSA) is 20.3 Å². The van der Waals surface area contributed by atoms with Gasteiger partial charge in [-0.1, -0.05) is 57.9 Å². The third-order valence-corrected chi connectivity index (χ3v) is 5.75. The largest absolute Gasteiger partial charge is 0.342 e. The van der Waals surface area contributed by atoms with Gasteiger partial charge in [-0.2, -0.15) is 0 Å². The lowest BCUT2D eigenvalue weighted by Crippen LogP contribution is -2.44. The Morgan fingerprint density at radius 3 is 2.35 bits per heavy atom. The molecule has 0 bridgehead atoms. The minimum Gasteiger partial charge on any atom is -0.342 e. The number of hydrogen-bond acceptors (Lipinski definition) is 1. The van der Waals surface area contributed by atoms with Crippen molar-refractivity contribution in [1.82, 2.24) is 4.90 Å². The maximum Gasteiger partial charge on any atom is 0.225 e. The van der Waals surface area contributed by atoms with Gasteiger partial charge < -0.3 is 4.90 Å². The Balaban J connectivity index is 1.71. The molecule has 1 saturated carbocycles. The lowest BCUT2D eigenvalue weighted by atomic mass is 9.84. The van der Waals surface area contributed by atoms with E-state index in [-0.39, 0.29) is 0 Å². The standard InChI is InChI=1S/C21H31NO/c1-15(2)17-8-10-18(11-9-17)20-12-16(3)13-22(14-20)21(23)19-6-4-5-7-19/h8-11,15-16,19-20H,4-7,12-14H2,1-3H3. The van der Waals surface area contributed by atoms with Crippen LogP contribution in [0.5, 0.6) is 0 Å². The van der Waals surface area contributed by atoms with Crippen LogP contribution in [0.2, 0.25) is 0 Å². The fraction of sp³-hybridized carbons (Fsp3) is 0.667. The first-order valence-electron chi connectivity index (χ1n) is 9.43. The fourth-order valence-corrected chi connectivity index (χ4v) is 4.36. The van der Waals surface area contributed by atoms with Crippen molar-refractivity contribution in [3.8, 4) is 0 Å². The predicted molar refractivity (Wildman–Crippen MR) is 95.6 cm³/mol. The minimum atomic E-state index is 0.310. The van der Waals surface area contributed by atoms with Crippen molar-refractivity contribution >= 4 is 5.91 Å². The molecule has 2 atom stereocenters. The lowest BCUT2D eigenvalue weighted by Gasteiger charge is -2.38. The van der Waals surface area contributed by atoms with E-state index in [9.17, 15) is 4.79 Å². The minimum absolute atomic E-state index is 0.310. The molecule has 23 heavy (non-hydrogen) atoms. The molecule has 0 radical (unpaired) electrons. The zero-order valence-corrected chi connectivity index (χ0v) is 14.9. The summed E-state index contributed by atoms with van der Waals surface area (Å²) in [6.45, 7) is 8.64. The van der Waals surface area contributed by atoms with Gasteiger partial charge in [0.25, 0.3) is 0 Å². The van der Waals surface area contributed by atoms with Crippen LogP contribution in [0.4, 0.5) is 0 Å². The second-order valence-electron chi connectivity index (χ2n) is 8.08. The highest BCUT2D eigenvalue weighted by molar-refractivity contribution is 5.79. The molecule has 1 amide bonds. The SMILES string of the molecule is CC1CC(c2ccc(C(C)C)cc2)CN(C(=O)C2CCCC2)C1. The molecule has 2 aliphatic rings. The molecule has 126 valence electrons. The van der Waals surface area contributed by atoms with Crippen LogP contribution in [0.15, 0.2) is 24.3 Å². The molecular formula is C21H31NO. The number of rotatable bonds is 3. The Morgan fingerprint density at radius 2 is 1.74 bits per heavy atom. The van der Waals surface area contributed by atoms with Crippen LogP contribution in [0.3, 0.4) is 0 Å². The number of benzene rings is 1. The van der Waals surface area contributed by atoms with Crippen molar-refractivity contribution in [2.75, 3.05) is 13.1 Å². The molecule has 2 unspecified atom stereocenters. The maximum atomic E-state index is 12.8. The fourth-order valence-electron chi connectivity index (χ4n) is 4.36. The molecule has 0 N–H and O–H groups in total. The van der Waals surface area contributed by atoms with Gasteiger partial charge in [0.15, 0.2) is 0 Å². The summed E-state index contributed by atoms with van der Waals surface area (Å²) in [5.74, 6) is 2.42. The first kappa shape index (κ1) is 16.5. The molecule has 0 aromatic heterocycles. The van der Waals surface area contributed by atoms with Crippen molar-refractivity contribution in [2.24, 2.45) is 11.8 Å². The van der Waals surface area contributed by atoms with Gasteiger partial charge in [-0.05, 0) is 42.2 Å². The molecule has 1 heterocycles. The van der Waals surface area contributed by atoms with E-state index in [4.69, 9.17) is 0 Å². The molecular weight excluding hydrogens is 282 g/mol. The van der Waals surface area contributed by atoms with Gasteiger partial charge in [0.05, 0.1) is 0 Å². The predicted octanol–water partition coefficient (Wildman–Crippen LogP) is 4.95. The summed E-state index contributed by atoms with van der Waals surface area (Å²) in [5.41, 5.74) is 2.81. The highest BCUT2D eigenvalue weighted by Crippen LogP contribution is 2.34. The molecule has 0 spiro atoms. The Hall–Kier alpha value is -1.31. The summed E-state index contributed by atoms with van der Waals surface area (Å²) < 4.78 is 0. The second kappa shape index (κ2) is 7.07. The summed E-state index contributed by atoms with van der Waals surface area (Å²) in [6.07, 6.45) is 5.89. The van der Waals surface area contributed by atoms with Crippen LogP contribution in [-0.4, -0.2) is 23.9 Å². The van der Waals surface area contributed by atoms with E-state index in [1.54, 1.807) is 0 Å². The highest BCUT2D eigenvalue weighted by Gasteiger charge is 2.33. The molecule has 3 rings (SSSR count). The van der Waals surface area contributed by atoms with Crippen LogP contribution < -0.4 is 0 Å². The van der Waals surface area contributed by atoms with Crippen LogP contribution >= 0.6 is 0 Å². The van der Waals surface area contributed by atoms with Gasteiger partial charge in [0.1, 0.15) is 0 Å². The van der Waals surface area contributed by atoms with Gasteiger partial charge in [-0.15, -0.1) is 0 Å². The third kappa shape index (κ3) is 3.79. The summed E-state index contributed by atoms with van der Waals surface area (Å²) in [6, 6.07) is 9.11. The summed E-state index contributed by atoms with van der Waals surface area (Å²) in [7, 11) is 0. The van der Waals surface area contributed by atoms with Crippen molar-refractivity contribution in [1.29, 1.82) is 0 Å². The number of hydrogen-bond donors (Lipinski definition) is 0. The number of nitrogens with zero attached hydrogens (tertiary/aromatic N) is 1. The molecule has 2 fully saturated rings. The number of carbonyl (C=O) groups excluding carboxylic acids is 1. The summed E-state index contributed by atoms with van der Waals surface area (Å²) in [5, 5.41) is 0. The molecule has 2 nitrogen and oxygen atoms in total. The van der Waals surface area contributed by atoms with E-state index < -0.39 is 0 Å². The molecule has 1 aromatic rings. The van der Waals surface area contributed by atoms with Crippen molar-refractivity contribution in [3.63, 3.8) is 0 Å². The number of carbonyl (C=O) groups is 1. The lowest BCUT2D eigenvalue weighted by molar-refractivity contribution is -0.137. The van der Waals surface area contributed by atoms with Gasteiger partial charge in [0, 0.05) is 24.9 Å². The molecule has 1 aromatic carbocycles. The zero-order chi connectivity index (χ0) is 16.4. The molecule has 1 saturated heterocycles. The van der Waals surface area contributed by atoms with Crippen LogP contribution in [0.25, 0.3) is 0 Å². The van der Waals surface area contributed by atoms with Crippen LogP contribution in [0.1, 0.15) is 75.8 Å². The summed E-state index contributed by atoms with van der Waals surface area (Å²) >= 11 is 0. The van der Waals surface area contributed by atoms with Gasteiger partial charge >= 0.3 is 0 Å². The molecule has 1 aliphatic heterocycles. The van der Waals surface area contributed by atoms with Crippen LogP contribution in [0, 0.1) is 11.8 Å². The van der Waals surface area contributed by atoms with Crippen molar-refractivity contribution in [3.05, 3.63) is 35.4 Å². The number of amides is 1. The third-order valence-electron chi connectivity index (χ3n) is 5.75. The first-order chi connectivity index (χ1) is 11.0. The van der Waals surface area contributed by atoms with Gasteiger partial charge in [0.2, 0.25) is 5.91 Å². The maximum absolute atomic E-state index is 12.8. The second-order valence-corrected chi connectivity index (χ2v) is 8.08. The molecule has 2 heteroatoms. The first-order valence-corrected chi connectivity index (χ1v) is 9.43. The van der Waals surface area contributed by atoms with Crippen LogP contribution in [-0.2, 0) is 4.79 Å². The summed E-state index contributed by atoms with van der Waals surface area (Å²) in [4.78, 5) is 15.0. The van der Waals surface area contributed by atoms with Crippen molar-refractivity contribution < 1.29 is 4.79 Å². The average molecular weight is 313 g/mol. The Bertz CT molecular complexity index is 527. The van der Waals surface area contributed by atoms with E-state index >= 15 is 0 Å². The quantitative estimate of drug-likeness (QED) is 0.773. The van der Waals surface area contributed by atoms with E-state index in [1.165, 1.54) is 30.4 Å². The van der Waals surface area contributed by atoms with Gasteiger partial charge in [-0.3, -0.25) is 4.79 Å². The monoisotopic (exact) mass is 313 g/mol. The number of piperidine rings is 1.